The quantitative estimate of drug-likeness (QED) is 0.485. The lowest BCUT2D eigenvalue weighted by molar-refractivity contribution is -0.137. The maximum absolute atomic E-state index is 13.0. The zero-order valence-electron chi connectivity index (χ0n) is 22.0. The molecule has 1 aliphatic rings. The van der Waals surface area contributed by atoms with Crippen LogP contribution in [0.25, 0.3) is 0 Å². The lowest BCUT2D eigenvalue weighted by Crippen LogP contribution is -2.44. The van der Waals surface area contributed by atoms with E-state index >= 15 is 0 Å². The third kappa shape index (κ3) is 7.86. The highest BCUT2D eigenvalue weighted by atomic mass is 16.5. The Hall–Kier alpha value is -4.28. The van der Waals surface area contributed by atoms with E-state index in [1.807, 2.05) is 31.2 Å². The number of carbonyl (C=O) groups excluding carboxylic acids is 3. The number of hydrogen-bond acceptors (Lipinski definition) is 5. The lowest BCUT2D eigenvalue weighted by Gasteiger charge is -2.27. The molecule has 2 aromatic carbocycles. The number of para-hydroxylation sites is 1. The van der Waals surface area contributed by atoms with Crippen LogP contribution in [0.4, 0.5) is 21.0 Å². The number of aliphatic carboxylic acids is 1. The second kappa shape index (κ2) is 13.3. The number of nitrogens with one attached hydrogen (secondary N) is 2. The molecular weight excluding hydrogens is 490 g/mol. The molecule has 3 rings (SSSR count). The molecule has 0 atom stereocenters. The van der Waals surface area contributed by atoms with Crippen molar-refractivity contribution in [2.45, 2.75) is 26.2 Å². The predicted molar refractivity (Wildman–Crippen MR) is 144 cm³/mol. The minimum absolute atomic E-state index is 0.0708. The molecule has 1 heterocycles. The van der Waals surface area contributed by atoms with Crippen LogP contribution in [0.2, 0.25) is 0 Å². The normalized spacial score (nSPS) is 13.3. The molecule has 204 valence electrons. The van der Waals surface area contributed by atoms with Crippen LogP contribution in [-0.4, -0.2) is 90.6 Å². The number of carboxylic acids is 1. The Morgan fingerprint density at radius 1 is 0.974 bits per heavy atom. The van der Waals surface area contributed by atoms with Crippen molar-refractivity contribution in [2.75, 3.05) is 57.5 Å². The molecule has 0 bridgehead atoms. The number of hydrogen-bond donors (Lipinski definition) is 3. The van der Waals surface area contributed by atoms with Crippen LogP contribution in [0, 0.1) is 6.92 Å². The summed E-state index contributed by atoms with van der Waals surface area (Å²) < 4.78 is 5.45. The highest BCUT2D eigenvalue weighted by molar-refractivity contribution is 6.01. The summed E-state index contributed by atoms with van der Waals surface area (Å²) in [6, 6.07) is 12.0. The van der Waals surface area contributed by atoms with Crippen molar-refractivity contribution in [3.63, 3.8) is 0 Å². The summed E-state index contributed by atoms with van der Waals surface area (Å²) >= 11 is 0. The second-order valence-corrected chi connectivity index (χ2v) is 9.17. The van der Waals surface area contributed by atoms with Crippen LogP contribution in [0.5, 0.6) is 5.75 Å². The molecule has 0 aliphatic carbocycles. The van der Waals surface area contributed by atoms with E-state index in [9.17, 15) is 19.2 Å². The standard InChI is InChI=1S/C27H35N5O6/c1-19-7-4-5-8-21(19)28-26(36)29-22-10-9-20(17-23(22)38-3)18-24(33)31-12-6-13-32(16-15-31)27(37)30(2)14-11-25(34)35/h4-5,7-10,17H,6,11-16,18H2,1-3H3,(H,34,35)(H2,28,29,36). The highest BCUT2D eigenvalue weighted by Crippen LogP contribution is 2.26. The third-order valence-electron chi connectivity index (χ3n) is 6.37. The van der Waals surface area contributed by atoms with E-state index in [-0.39, 0.29) is 31.3 Å². The monoisotopic (exact) mass is 525 g/mol. The number of anilines is 2. The molecule has 1 aliphatic heterocycles. The summed E-state index contributed by atoms with van der Waals surface area (Å²) in [4.78, 5) is 53.7. The van der Waals surface area contributed by atoms with Gasteiger partial charge in [0.1, 0.15) is 5.75 Å². The van der Waals surface area contributed by atoms with Crippen molar-refractivity contribution in [3.8, 4) is 5.75 Å². The van der Waals surface area contributed by atoms with Gasteiger partial charge in [-0.15, -0.1) is 0 Å². The number of methoxy groups -OCH3 is 1. The minimum atomic E-state index is -0.955. The van der Waals surface area contributed by atoms with E-state index in [1.54, 1.807) is 35.0 Å². The number of amides is 5. The Morgan fingerprint density at radius 3 is 2.37 bits per heavy atom. The molecule has 2 aromatic rings. The van der Waals surface area contributed by atoms with Crippen molar-refractivity contribution in [2.24, 2.45) is 0 Å². The van der Waals surface area contributed by atoms with E-state index in [0.717, 1.165) is 11.1 Å². The van der Waals surface area contributed by atoms with Gasteiger partial charge in [0.15, 0.2) is 0 Å². The van der Waals surface area contributed by atoms with Crippen LogP contribution >= 0.6 is 0 Å². The molecule has 0 saturated carbocycles. The van der Waals surface area contributed by atoms with Gasteiger partial charge >= 0.3 is 18.0 Å². The predicted octanol–water partition coefficient (Wildman–Crippen LogP) is 3.25. The first-order valence-electron chi connectivity index (χ1n) is 12.5. The summed E-state index contributed by atoms with van der Waals surface area (Å²) in [7, 11) is 3.08. The molecule has 0 radical (unpaired) electrons. The average Bonchev–Trinajstić information content (AvgIpc) is 3.15. The highest BCUT2D eigenvalue weighted by Gasteiger charge is 2.24. The van der Waals surface area contributed by atoms with Gasteiger partial charge < -0.3 is 35.2 Å². The fourth-order valence-electron chi connectivity index (χ4n) is 4.18. The SMILES string of the molecule is COc1cc(CC(=O)N2CCCN(C(=O)N(C)CCC(=O)O)CC2)ccc1NC(=O)Nc1ccccc1C. The van der Waals surface area contributed by atoms with Crippen molar-refractivity contribution in [1.82, 2.24) is 14.7 Å². The molecule has 3 N–H and O–H groups in total. The van der Waals surface area contributed by atoms with Gasteiger partial charge in [0.2, 0.25) is 5.91 Å². The zero-order chi connectivity index (χ0) is 27.7. The van der Waals surface area contributed by atoms with Crippen molar-refractivity contribution in [1.29, 1.82) is 0 Å². The van der Waals surface area contributed by atoms with Gasteiger partial charge in [-0.3, -0.25) is 9.59 Å². The topological polar surface area (TPSA) is 132 Å². The van der Waals surface area contributed by atoms with E-state index in [2.05, 4.69) is 10.6 Å². The van der Waals surface area contributed by atoms with E-state index in [4.69, 9.17) is 9.84 Å². The molecule has 11 heteroatoms. The fourth-order valence-corrected chi connectivity index (χ4v) is 4.18. The Balaban J connectivity index is 1.56. The molecule has 11 nitrogen and oxygen atoms in total. The summed E-state index contributed by atoms with van der Waals surface area (Å²) in [5, 5.41) is 14.4. The summed E-state index contributed by atoms with van der Waals surface area (Å²) in [6.45, 7) is 3.84. The van der Waals surface area contributed by atoms with Crippen LogP contribution in [0.15, 0.2) is 42.5 Å². The number of carboxylic acid groups (broad SMARTS) is 1. The van der Waals surface area contributed by atoms with Gasteiger partial charge in [0.05, 0.1) is 25.6 Å². The number of ether oxygens (including phenoxy) is 1. The Labute approximate surface area is 222 Å². The number of urea groups is 2. The van der Waals surface area contributed by atoms with E-state index < -0.39 is 12.0 Å². The van der Waals surface area contributed by atoms with Gasteiger partial charge in [0.25, 0.3) is 0 Å². The van der Waals surface area contributed by atoms with Crippen molar-refractivity contribution >= 4 is 35.3 Å². The minimum Gasteiger partial charge on any atom is -0.495 e. The fraction of sp³-hybridized carbons (Fsp3) is 0.407. The first kappa shape index (κ1) is 28.3. The van der Waals surface area contributed by atoms with Crippen molar-refractivity contribution in [3.05, 3.63) is 53.6 Å². The molecule has 0 aromatic heterocycles. The second-order valence-electron chi connectivity index (χ2n) is 9.17. The smallest absolute Gasteiger partial charge is 0.323 e. The van der Waals surface area contributed by atoms with E-state index in [0.29, 0.717) is 49.7 Å². The maximum Gasteiger partial charge on any atom is 0.323 e. The molecule has 5 amide bonds. The number of carbonyl (C=O) groups is 4. The third-order valence-corrected chi connectivity index (χ3v) is 6.37. The summed E-state index contributed by atoms with van der Waals surface area (Å²) in [6.07, 6.45) is 0.667. The summed E-state index contributed by atoms with van der Waals surface area (Å²) in [5.74, 6) is -0.589. The zero-order valence-corrected chi connectivity index (χ0v) is 22.0. The van der Waals surface area contributed by atoms with Gasteiger partial charge in [-0.1, -0.05) is 24.3 Å². The average molecular weight is 526 g/mol. The van der Waals surface area contributed by atoms with Crippen LogP contribution in [0.3, 0.4) is 0 Å². The first-order valence-corrected chi connectivity index (χ1v) is 12.5. The number of rotatable bonds is 8. The Kier molecular flexibility index (Phi) is 9.92. The van der Waals surface area contributed by atoms with Gasteiger partial charge in [-0.05, 0) is 42.7 Å². The lowest BCUT2D eigenvalue weighted by atomic mass is 10.1. The van der Waals surface area contributed by atoms with Gasteiger partial charge in [-0.2, -0.15) is 0 Å². The molecule has 38 heavy (non-hydrogen) atoms. The molecule has 0 spiro atoms. The van der Waals surface area contributed by atoms with Crippen LogP contribution < -0.4 is 15.4 Å². The summed E-state index contributed by atoms with van der Waals surface area (Å²) in [5.41, 5.74) is 2.86. The Bertz CT molecular complexity index is 1170. The molecule has 1 fully saturated rings. The maximum atomic E-state index is 13.0. The van der Waals surface area contributed by atoms with E-state index in [1.165, 1.54) is 12.0 Å². The van der Waals surface area contributed by atoms with Gasteiger partial charge in [-0.25, -0.2) is 9.59 Å². The van der Waals surface area contributed by atoms with Crippen LogP contribution in [-0.2, 0) is 16.0 Å². The number of benzene rings is 2. The number of aryl methyl sites for hydroxylation is 1. The van der Waals surface area contributed by atoms with Crippen LogP contribution in [0.1, 0.15) is 24.0 Å². The molecule has 0 unspecified atom stereocenters. The molecular formula is C27H35N5O6. The largest absolute Gasteiger partial charge is 0.495 e. The first-order chi connectivity index (χ1) is 18.2. The van der Waals surface area contributed by atoms with Gasteiger partial charge in [0, 0.05) is 45.5 Å². The van der Waals surface area contributed by atoms with Crippen molar-refractivity contribution < 1.29 is 29.0 Å². The Morgan fingerprint density at radius 2 is 1.66 bits per heavy atom. The number of nitrogens with zero attached hydrogens (tertiary/aromatic N) is 3. The molecule has 1 saturated heterocycles.